The second kappa shape index (κ2) is 1.66. The van der Waals surface area contributed by atoms with Crippen molar-refractivity contribution >= 4 is 17.0 Å². The molecule has 0 aliphatic carbocycles. The third kappa shape index (κ3) is 0.540. The summed E-state index contributed by atoms with van der Waals surface area (Å²) >= 11 is 0. The summed E-state index contributed by atoms with van der Waals surface area (Å²) < 4.78 is 14.0. The number of aromatic nitrogens is 4. The zero-order valence-electron chi connectivity index (χ0n) is 6.94. The molecule has 0 radical (unpaired) electrons. The summed E-state index contributed by atoms with van der Waals surface area (Å²) in [5.41, 5.74) is 1.38. The number of H-pyrrole nitrogens is 1. The van der Waals surface area contributed by atoms with Crippen LogP contribution in [0, 0.1) is 0 Å². The van der Waals surface area contributed by atoms with Crippen molar-refractivity contribution in [3.8, 4) is 0 Å². The molecule has 0 aliphatic heterocycles. The predicted octanol–water partition coefficient (Wildman–Crippen LogP) is -0.0649. The van der Waals surface area contributed by atoms with Gasteiger partial charge in [0.15, 0.2) is 14.3 Å². The highest BCUT2D eigenvalue weighted by molar-refractivity contribution is 5.80. The second-order valence-electron chi connectivity index (χ2n) is 1.80. The third-order valence-electron chi connectivity index (χ3n) is 1.20. The van der Waals surface area contributed by atoms with Crippen LogP contribution in [-0.2, 0) is 0 Å². The SMILES string of the molecule is [2H]N([2H])c1ncnc2nc[nH]c12. The van der Waals surface area contributed by atoms with E-state index in [9.17, 15) is 0 Å². The largest absolute Gasteiger partial charge is 0.382 e. The van der Waals surface area contributed by atoms with Gasteiger partial charge < -0.3 is 10.7 Å². The predicted molar refractivity (Wildman–Crippen MR) is 36.1 cm³/mol. The first-order valence-corrected chi connectivity index (χ1v) is 2.71. The molecule has 5 nitrogen and oxygen atoms in total. The lowest BCUT2D eigenvalue weighted by molar-refractivity contribution is 1.21. The Kier molecular flexibility index (Phi) is 0.582. The highest BCUT2D eigenvalue weighted by atomic mass is 15.0. The van der Waals surface area contributed by atoms with Crippen LogP contribution in [0.15, 0.2) is 12.7 Å². The van der Waals surface area contributed by atoms with Gasteiger partial charge in [-0.2, -0.15) is 0 Å². The first-order valence-electron chi connectivity index (χ1n) is 3.60. The molecule has 2 rings (SSSR count). The molecule has 3 N–H and O–H groups in total. The second-order valence-corrected chi connectivity index (χ2v) is 1.80. The van der Waals surface area contributed by atoms with E-state index in [-0.39, 0.29) is 5.82 Å². The lowest BCUT2D eigenvalue weighted by Crippen LogP contribution is -1.91. The van der Waals surface area contributed by atoms with E-state index in [0.717, 1.165) is 0 Å². The fourth-order valence-corrected chi connectivity index (χ4v) is 0.752. The highest BCUT2D eigenvalue weighted by Gasteiger charge is 1.99. The Balaban J connectivity index is 2.73. The average molecular weight is 137 g/mol. The lowest BCUT2D eigenvalue weighted by Gasteiger charge is -1.89. The molecule has 5 heteroatoms. The molecule has 10 heavy (non-hydrogen) atoms. The average Bonchev–Trinajstić information content (AvgIpc) is 2.49. The van der Waals surface area contributed by atoms with Gasteiger partial charge in [0.25, 0.3) is 0 Å². The normalized spacial score (nSPS) is 12.8. The Morgan fingerprint density at radius 3 is 3.40 bits per heavy atom. The number of nitrogens with two attached hydrogens (primary N) is 1. The van der Waals surface area contributed by atoms with Crippen molar-refractivity contribution in [1.82, 2.24) is 19.9 Å². The first kappa shape index (κ1) is 3.50. The molecule has 2 heterocycles. The lowest BCUT2D eigenvalue weighted by atomic mass is 10.5. The molecule has 2 aromatic rings. The number of nitrogen functional groups attached to an aromatic ring is 1. The zero-order valence-corrected chi connectivity index (χ0v) is 4.94. The van der Waals surface area contributed by atoms with E-state index in [1.165, 1.54) is 12.7 Å². The number of anilines is 1. The number of aromatic amines is 1. The van der Waals surface area contributed by atoms with E-state index in [0.29, 0.717) is 16.9 Å². The van der Waals surface area contributed by atoms with Crippen molar-refractivity contribution in [2.24, 2.45) is 0 Å². The van der Waals surface area contributed by atoms with Gasteiger partial charge in [0, 0.05) is 0 Å². The smallest absolute Gasteiger partial charge is 0.182 e. The summed E-state index contributed by atoms with van der Waals surface area (Å²) in [6, 6.07) is 0. The van der Waals surface area contributed by atoms with Crippen LogP contribution < -0.4 is 5.72 Å². The maximum Gasteiger partial charge on any atom is 0.182 e. The summed E-state index contributed by atoms with van der Waals surface area (Å²) in [4.78, 5) is 14.2. The van der Waals surface area contributed by atoms with Crippen molar-refractivity contribution in [2.75, 3.05) is 5.72 Å². The van der Waals surface area contributed by atoms with Crippen LogP contribution in [0.2, 0.25) is 2.82 Å². The summed E-state index contributed by atoms with van der Waals surface area (Å²) in [5.74, 6) is 0.192. The Labute approximate surface area is 59.2 Å². The van der Waals surface area contributed by atoms with Crippen molar-refractivity contribution in [3.63, 3.8) is 0 Å². The summed E-state index contributed by atoms with van der Waals surface area (Å²) in [5, 5.41) is 0. The molecule has 0 saturated heterocycles. The van der Waals surface area contributed by atoms with Crippen LogP contribution in [0.4, 0.5) is 5.82 Å². The summed E-state index contributed by atoms with van der Waals surface area (Å²) in [6.07, 6.45) is 2.72. The van der Waals surface area contributed by atoms with Gasteiger partial charge in [-0.25, -0.2) is 15.0 Å². The third-order valence-corrected chi connectivity index (χ3v) is 1.20. The number of nitrogens with zero attached hydrogens (tertiary/aromatic N) is 3. The molecule has 50 valence electrons. The van der Waals surface area contributed by atoms with Crippen LogP contribution in [0.5, 0.6) is 0 Å². The maximum absolute atomic E-state index is 7.00. The van der Waals surface area contributed by atoms with E-state index in [1.54, 1.807) is 0 Å². The van der Waals surface area contributed by atoms with Crippen LogP contribution in [0.25, 0.3) is 11.2 Å². The molecule has 0 amide bonds. The van der Waals surface area contributed by atoms with Gasteiger partial charge in [0.2, 0.25) is 0 Å². The van der Waals surface area contributed by atoms with Crippen molar-refractivity contribution < 1.29 is 2.82 Å². The fraction of sp³-hybridized carbons (Fsp3) is 0. The molecule has 0 bridgehead atoms. The number of hydrogen-bond acceptors (Lipinski definition) is 4. The van der Waals surface area contributed by atoms with Gasteiger partial charge in [-0.1, -0.05) is 0 Å². The monoisotopic (exact) mass is 137 g/mol. The Morgan fingerprint density at radius 2 is 2.50 bits per heavy atom. The number of rotatable bonds is 1. The van der Waals surface area contributed by atoms with Gasteiger partial charge >= 0.3 is 0 Å². The minimum Gasteiger partial charge on any atom is -0.382 e. The Bertz CT molecular complexity index is 397. The minimum absolute atomic E-state index is 0.192. The number of imidazole rings is 1. The van der Waals surface area contributed by atoms with Gasteiger partial charge in [0.05, 0.1) is 6.33 Å². The number of nitrogens with one attached hydrogen (secondary N) is 1. The van der Waals surface area contributed by atoms with E-state index < -0.39 is 0 Å². The molecule has 2 aromatic heterocycles. The fourth-order valence-electron chi connectivity index (χ4n) is 0.752. The van der Waals surface area contributed by atoms with E-state index in [4.69, 9.17) is 2.82 Å². The molecule has 0 spiro atoms. The Morgan fingerprint density at radius 1 is 1.50 bits per heavy atom. The van der Waals surface area contributed by atoms with Crippen LogP contribution in [0.3, 0.4) is 0 Å². The number of hydrogen-bond donors (Lipinski definition) is 2. The quantitative estimate of drug-likeness (QED) is 0.576. The van der Waals surface area contributed by atoms with Crippen molar-refractivity contribution in [1.29, 1.82) is 0 Å². The van der Waals surface area contributed by atoms with Gasteiger partial charge in [-0.05, 0) is 0 Å². The van der Waals surface area contributed by atoms with Crippen LogP contribution >= 0.6 is 0 Å². The molecule has 0 saturated carbocycles. The van der Waals surface area contributed by atoms with Crippen molar-refractivity contribution in [3.05, 3.63) is 12.7 Å². The number of fused-ring (bicyclic) bond motifs is 1. The van der Waals surface area contributed by atoms with Crippen LogP contribution in [0.1, 0.15) is 0 Å². The first-order chi connectivity index (χ1) is 5.79. The molecule has 0 aliphatic rings. The Hall–Kier alpha value is -1.65. The van der Waals surface area contributed by atoms with E-state index >= 15 is 0 Å². The van der Waals surface area contributed by atoms with Gasteiger partial charge in [0.1, 0.15) is 11.8 Å². The van der Waals surface area contributed by atoms with Gasteiger partial charge in [-0.3, -0.25) is 0 Å². The van der Waals surface area contributed by atoms with Crippen LogP contribution in [-0.4, -0.2) is 19.9 Å². The zero-order chi connectivity index (χ0) is 8.55. The molecule has 0 unspecified atom stereocenters. The highest BCUT2D eigenvalue weighted by Crippen LogP contribution is 2.09. The molecular formula is C5H5N5. The van der Waals surface area contributed by atoms with Gasteiger partial charge in [-0.15, -0.1) is 0 Å². The van der Waals surface area contributed by atoms with Crippen molar-refractivity contribution in [2.45, 2.75) is 0 Å². The summed E-state index contributed by atoms with van der Waals surface area (Å²) in [6.45, 7) is 0. The van der Waals surface area contributed by atoms with E-state index in [1.807, 2.05) is 0 Å². The molecule has 0 aromatic carbocycles. The molecule has 0 atom stereocenters. The molecule has 0 fully saturated rings. The topological polar surface area (TPSA) is 80.5 Å². The minimum atomic E-state index is 0.192. The molecular weight excluding hydrogens is 130 g/mol. The van der Waals surface area contributed by atoms with E-state index in [2.05, 4.69) is 19.9 Å². The standard InChI is InChI=1S/C5H5N5/c6-4-3-5(9-1-7-3)10-2-8-4/h1-2H,(H3,6,7,8,9,10)/i/hD2. The summed E-state index contributed by atoms with van der Waals surface area (Å²) in [7, 11) is 0. The maximum atomic E-state index is 7.00.